The monoisotopic (exact) mass is 320 g/mol. The number of carbonyl (C=O) groups is 1. The summed E-state index contributed by atoms with van der Waals surface area (Å²) in [5.41, 5.74) is 0.000491. The predicted octanol–water partition coefficient (Wildman–Crippen LogP) is 4.23. The zero-order valence-electron chi connectivity index (χ0n) is 14.9. The fraction of sp³-hybridized carbons (Fsp3) is 0.950. The van der Waals surface area contributed by atoms with Crippen molar-refractivity contribution >= 4 is 5.97 Å². The number of hydrogen-bond donors (Lipinski definition) is 2. The SMILES string of the molecule is C[C@@]12CCC3[C@@](CC[C@@H]4[C@](C)(C(=O)O)CCC[C@@]34C)(C[C@H]1O)C2. The molecular weight excluding hydrogens is 288 g/mol. The molecular formula is C20H32O3. The maximum Gasteiger partial charge on any atom is 0.309 e. The molecule has 0 heterocycles. The molecule has 1 spiro atoms. The lowest BCUT2D eigenvalue weighted by molar-refractivity contribution is -0.182. The smallest absolute Gasteiger partial charge is 0.309 e. The van der Waals surface area contributed by atoms with E-state index in [0.717, 1.165) is 44.9 Å². The first-order valence-corrected chi connectivity index (χ1v) is 9.58. The minimum absolute atomic E-state index is 0.116. The molecule has 0 radical (unpaired) electrons. The summed E-state index contributed by atoms with van der Waals surface area (Å²) in [6.45, 7) is 6.68. The Morgan fingerprint density at radius 2 is 1.70 bits per heavy atom. The standard InChI is InChI=1S/C20H32O3/c1-17-9-5-14-18(2)7-4-8-19(3,16(22)23)13(18)6-10-20(14,12-17)11-15(17)21/h13-15,21H,4-12H2,1-3H3,(H,22,23)/t13-,14?,15+,17-,18+,19+,20-/m0/s1. The van der Waals surface area contributed by atoms with Crippen LogP contribution in [0, 0.1) is 33.5 Å². The third-order valence-electron chi connectivity index (χ3n) is 9.10. The summed E-state index contributed by atoms with van der Waals surface area (Å²) < 4.78 is 0. The second-order valence-corrected chi connectivity index (χ2v) is 10.2. The first kappa shape index (κ1) is 15.9. The van der Waals surface area contributed by atoms with Gasteiger partial charge in [0, 0.05) is 0 Å². The van der Waals surface area contributed by atoms with Gasteiger partial charge in [0.25, 0.3) is 0 Å². The van der Waals surface area contributed by atoms with Gasteiger partial charge < -0.3 is 10.2 Å². The first-order chi connectivity index (χ1) is 10.7. The lowest BCUT2D eigenvalue weighted by atomic mass is 9.40. The van der Waals surface area contributed by atoms with E-state index < -0.39 is 11.4 Å². The topological polar surface area (TPSA) is 57.5 Å². The number of carboxylic acid groups (broad SMARTS) is 1. The summed E-state index contributed by atoms with van der Waals surface area (Å²) in [5, 5.41) is 20.6. The normalized spacial score (nSPS) is 58.3. The van der Waals surface area contributed by atoms with Crippen LogP contribution in [0.3, 0.4) is 0 Å². The van der Waals surface area contributed by atoms with Gasteiger partial charge in [-0.15, -0.1) is 0 Å². The molecule has 3 heteroatoms. The molecule has 0 aromatic carbocycles. The maximum absolute atomic E-state index is 12.1. The largest absolute Gasteiger partial charge is 0.481 e. The molecule has 0 aromatic heterocycles. The Balaban J connectivity index is 1.74. The van der Waals surface area contributed by atoms with Gasteiger partial charge in [-0.2, -0.15) is 0 Å². The molecule has 1 unspecified atom stereocenters. The molecule has 2 N–H and O–H groups in total. The van der Waals surface area contributed by atoms with Gasteiger partial charge in [0.2, 0.25) is 0 Å². The van der Waals surface area contributed by atoms with Crippen molar-refractivity contribution < 1.29 is 15.0 Å². The van der Waals surface area contributed by atoms with E-state index in [1.807, 2.05) is 6.92 Å². The van der Waals surface area contributed by atoms with Crippen LogP contribution in [-0.4, -0.2) is 22.3 Å². The summed E-state index contributed by atoms with van der Waals surface area (Å²) in [4.78, 5) is 12.1. The Kier molecular flexibility index (Phi) is 3.14. The van der Waals surface area contributed by atoms with Crippen LogP contribution >= 0.6 is 0 Å². The number of aliphatic hydroxyl groups excluding tert-OH is 1. The van der Waals surface area contributed by atoms with Crippen LogP contribution in [0.1, 0.15) is 78.6 Å². The van der Waals surface area contributed by atoms with Crippen molar-refractivity contribution in [3.63, 3.8) is 0 Å². The molecule has 0 amide bonds. The molecule has 4 aliphatic carbocycles. The Morgan fingerprint density at radius 3 is 2.39 bits per heavy atom. The zero-order chi connectivity index (χ0) is 16.7. The summed E-state index contributed by atoms with van der Waals surface area (Å²) in [6, 6.07) is 0. The van der Waals surface area contributed by atoms with Crippen molar-refractivity contribution in [2.45, 2.75) is 84.7 Å². The van der Waals surface area contributed by atoms with E-state index in [9.17, 15) is 15.0 Å². The van der Waals surface area contributed by atoms with Crippen LogP contribution in [0.5, 0.6) is 0 Å². The second kappa shape index (κ2) is 4.53. The molecule has 4 rings (SSSR count). The molecule has 2 bridgehead atoms. The highest BCUT2D eigenvalue weighted by Crippen LogP contribution is 2.73. The van der Waals surface area contributed by atoms with Crippen LogP contribution in [0.25, 0.3) is 0 Å². The van der Waals surface area contributed by atoms with E-state index in [-0.39, 0.29) is 22.3 Å². The molecule has 0 aliphatic heterocycles. The lowest BCUT2D eigenvalue weighted by Gasteiger charge is -2.63. The van der Waals surface area contributed by atoms with Gasteiger partial charge in [-0.1, -0.05) is 20.3 Å². The van der Waals surface area contributed by atoms with Crippen molar-refractivity contribution in [1.29, 1.82) is 0 Å². The van der Waals surface area contributed by atoms with E-state index in [4.69, 9.17) is 0 Å². The van der Waals surface area contributed by atoms with Gasteiger partial charge in [-0.05, 0) is 86.4 Å². The lowest BCUT2D eigenvalue weighted by Crippen LogP contribution is -2.58. The average Bonchev–Trinajstić information content (AvgIpc) is 2.63. The molecule has 3 nitrogen and oxygen atoms in total. The second-order valence-electron chi connectivity index (χ2n) is 10.2. The third-order valence-corrected chi connectivity index (χ3v) is 9.10. The fourth-order valence-corrected chi connectivity index (χ4v) is 7.99. The molecule has 0 saturated heterocycles. The summed E-state index contributed by atoms with van der Waals surface area (Å²) in [5.74, 6) is 0.327. The van der Waals surface area contributed by atoms with E-state index in [2.05, 4.69) is 13.8 Å². The van der Waals surface area contributed by atoms with Crippen LogP contribution in [0.2, 0.25) is 0 Å². The third kappa shape index (κ3) is 1.83. The van der Waals surface area contributed by atoms with Crippen molar-refractivity contribution in [1.82, 2.24) is 0 Å². The first-order valence-electron chi connectivity index (χ1n) is 9.58. The Morgan fingerprint density at radius 1 is 1.00 bits per heavy atom. The molecule has 7 atom stereocenters. The van der Waals surface area contributed by atoms with E-state index in [1.54, 1.807) is 0 Å². The molecule has 4 aliphatic rings. The number of fused-ring (bicyclic) bond motifs is 3. The van der Waals surface area contributed by atoms with Crippen LogP contribution < -0.4 is 0 Å². The van der Waals surface area contributed by atoms with Gasteiger partial charge in [0.05, 0.1) is 11.5 Å². The molecule has 130 valence electrons. The number of hydrogen-bond acceptors (Lipinski definition) is 2. The molecule has 0 aromatic rings. The highest BCUT2D eigenvalue weighted by atomic mass is 16.4. The van der Waals surface area contributed by atoms with E-state index >= 15 is 0 Å². The maximum atomic E-state index is 12.1. The van der Waals surface area contributed by atoms with Gasteiger partial charge in [0.15, 0.2) is 0 Å². The van der Waals surface area contributed by atoms with Gasteiger partial charge in [-0.25, -0.2) is 0 Å². The van der Waals surface area contributed by atoms with Gasteiger partial charge >= 0.3 is 5.97 Å². The number of rotatable bonds is 1. The summed E-state index contributed by atoms with van der Waals surface area (Å²) in [7, 11) is 0. The van der Waals surface area contributed by atoms with Gasteiger partial charge in [0.1, 0.15) is 0 Å². The summed E-state index contributed by atoms with van der Waals surface area (Å²) in [6.07, 6.45) is 9.51. The van der Waals surface area contributed by atoms with Crippen molar-refractivity contribution in [2.75, 3.05) is 0 Å². The van der Waals surface area contributed by atoms with Crippen LogP contribution in [0.15, 0.2) is 0 Å². The Labute approximate surface area is 139 Å². The highest BCUT2D eigenvalue weighted by molar-refractivity contribution is 5.75. The van der Waals surface area contributed by atoms with Crippen molar-refractivity contribution in [3.05, 3.63) is 0 Å². The van der Waals surface area contributed by atoms with Crippen LogP contribution in [0.4, 0.5) is 0 Å². The minimum atomic E-state index is -0.587. The van der Waals surface area contributed by atoms with E-state index in [1.165, 1.54) is 12.8 Å². The number of carboxylic acids is 1. The van der Waals surface area contributed by atoms with Gasteiger partial charge in [-0.3, -0.25) is 4.79 Å². The van der Waals surface area contributed by atoms with Crippen LogP contribution in [-0.2, 0) is 4.79 Å². The molecule has 4 fully saturated rings. The fourth-order valence-electron chi connectivity index (χ4n) is 7.99. The Bertz CT molecular complexity index is 545. The number of aliphatic carboxylic acids is 1. The minimum Gasteiger partial charge on any atom is -0.481 e. The quantitative estimate of drug-likeness (QED) is 0.760. The summed E-state index contributed by atoms with van der Waals surface area (Å²) >= 11 is 0. The Hall–Kier alpha value is -0.570. The molecule has 4 saturated carbocycles. The van der Waals surface area contributed by atoms with Crippen molar-refractivity contribution in [2.24, 2.45) is 33.5 Å². The highest BCUT2D eigenvalue weighted by Gasteiger charge is 2.67. The van der Waals surface area contributed by atoms with Crippen molar-refractivity contribution in [3.8, 4) is 0 Å². The number of aliphatic hydroxyl groups is 1. The average molecular weight is 320 g/mol. The predicted molar refractivity (Wildman–Crippen MR) is 88.9 cm³/mol. The molecule has 23 heavy (non-hydrogen) atoms. The zero-order valence-corrected chi connectivity index (χ0v) is 14.9. The van der Waals surface area contributed by atoms with E-state index in [0.29, 0.717) is 11.8 Å².